The first-order valence-corrected chi connectivity index (χ1v) is 5.29. The molecule has 0 bridgehead atoms. The number of benzene rings is 1. The maximum Gasteiger partial charge on any atom is 0.221 e. The Bertz CT molecular complexity index is 566. The third-order valence-corrected chi connectivity index (χ3v) is 2.68. The number of nitrogens with zero attached hydrogens (tertiary/aromatic N) is 1. The summed E-state index contributed by atoms with van der Waals surface area (Å²) < 4.78 is 0. The predicted octanol–water partition coefficient (Wildman–Crippen LogP) is 2.22. The minimum absolute atomic E-state index is 0.185. The van der Waals surface area contributed by atoms with Gasteiger partial charge in [-0.2, -0.15) is 0 Å². The van der Waals surface area contributed by atoms with Gasteiger partial charge in [-0.15, -0.1) is 0 Å². The third kappa shape index (κ3) is 1.99. The van der Waals surface area contributed by atoms with Crippen molar-refractivity contribution in [2.75, 3.05) is 0 Å². The maximum atomic E-state index is 10.9. The Morgan fingerprint density at radius 2 is 2.25 bits per heavy atom. The van der Waals surface area contributed by atoms with Crippen LogP contribution in [0.2, 0.25) is 5.02 Å². The van der Waals surface area contributed by atoms with Crippen molar-refractivity contribution in [2.45, 2.75) is 13.3 Å². The number of aryl methyl sites for hydroxylation is 1. The number of rotatable bonds is 2. The summed E-state index contributed by atoms with van der Waals surface area (Å²) in [4.78, 5) is 15.3. The van der Waals surface area contributed by atoms with Gasteiger partial charge < -0.3 is 5.73 Å². The van der Waals surface area contributed by atoms with Crippen molar-refractivity contribution in [2.24, 2.45) is 5.73 Å². The van der Waals surface area contributed by atoms with Crippen LogP contribution in [0.25, 0.3) is 10.9 Å². The predicted molar refractivity (Wildman–Crippen MR) is 64.4 cm³/mol. The van der Waals surface area contributed by atoms with Gasteiger partial charge >= 0.3 is 0 Å². The van der Waals surface area contributed by atoms with Crippen molar-refractivity contribution >= 4 is 28.4 Å². The molecule has 2 N–H and O–H groups in total. The van der Waals surface area contributed by atoms with Crippen molar-refractivity contribution in [1.82, 2.24) is 4.98 Å². The Labute approximate surface area is 98.2 Å². The first-order chi connectivity index (χ1) is 7.58. The van der Waals surface area contributed by atoms with E-state index in [1.165, 1.54) is 0 Å². The lowest BCUT2D eigenvalue weighted by molar-refractivity contribution is -0.117. The Morgan fingerprint density at radius 3 is 2.94 bits per heavy atom. The zero-order valence-electron chi connectivity index (χ0n) is 8.83. The fourth-order valence-corrected chi connectivity index (χ4v) is 2.03. The molecule has 1 heterocycles. The minimum atomic E-state index is -0.369. The van der Waals surface area contributed by atoms with Crippen LogP contribution in [0, 0.1) is 6.92 Å². The molecule has 0 aliphatic rings. The van der Waals surface area contributed by atoms with Crippen molar-refractivity contribution in [3.63, 3.8) is 0 Å². The van der Waals surface area contributed by atoms with Crippen molar-refractivity contribution < 1.29 is 4.79 Å². The van der Waals surface area contributed by atoms with E-state index in [1.807, 2.05) is 25.1 Å². The second kappa shape index (κ2) is 4.10. The van der Waals surface area contributed by atoms with E-state index in [-0.39, 0.29) is 12.3 Å². The molecule has 0 unspecified atom stereocenters. The van der Waals surface area contributed by atoms with Crippen LogP contribution in [0.5, 0.6) is 0 Å². The van der Waals surface area contributed by atoms with Crippen LogP contribution in [-0.2, 0) is 11.2 Å². The highest BCUT2D eigenvalue weighted by molar-refractivity contribution is 6.35. The fourth-order valence-electron chi connectivity index (χ4n) is 1.72. The molecule has 2 rings (SSSR count). The molecule has 16 heavy (non-hydrogen) atoms. The van der Waals surface area contributed by atoms with E-state index < -0.39 is 0 Å². The van der Waals surface area contributed by atoms with Crippen LogP contribution in [0.3, 0.4) is 0 Å². The van der Waals surface area contributed by atoms with E-state index in [2.05, 4.69) is 4.98 Å². The summed E-state index contributed by atoms with van der Waals surface area (Å²) in [6.07, 6.45) is 0.185. The Morgan fingerprint density at radius 1 is 1.50 bits per heavy atom. The van der Waals surface area contributed by atoms with Gasteiger partial charge in [0.25, 0.3) is 0 Å². The van der Waals surface area contributed by atoms with Crippen LogP contribution in [-0.4, -0.2) is 10.9 Å². The van der Waals surface area contributed by atoms with Gasteiger partial charge in [-0.1, -0.05) is 29.8 Å². The number of hydrogen-bond donors (Lipinski definition) is 1. The summed E-state index contributed by atoms with van der Waals surface area (Å²) in [5, 5.41) is 1.50. The smallest absolute Gasteiger partial charge is 0.221 e. The molecular formula is C12H11ClN2O. The molecule has 3 nitrogen and oxygen atoms in total. The van der Waals surface area contributed by atoms with Crippen LogP contribution in [0.1, 0.15) is 11.3 Å². The van der Waals surface area contributed by atoms with Gasteiger partial charge in [0.2, 0.25) is 5.91 Å². The average Bonchev–Trinajstić information content (AvgIpc) is 2.18. The van der Waals surface area contributed by atoms with Crippen LogP contribution in [0.4, 0.5) is 0 Å². The number of fused-ring (bicyclic) bond motifs is 1. The largest absolute Gasteiger partial charge is 0.369 e. The van der Waals surface area contributed by atoms with Crippen LogP contribution < -0.4 is 5.73 Å². The molecule has 82 valence electrons. The number of carbonyl (C=O) groups is 1. The van der Waals surface area contributed by atoms with E-state index in [0.29, 0.717) is 5.02 Å². The SMILES string of the molecule is Cc1cc(Cl)c2cccc(CC(N)=O)c2n1. The highest BCUT2D eigenvalue weighted by atomic mass is 35.5. The van der Waals surface area contributed by atoms with E-state index in [1.54, 1.807) is 6.07 Å². The maximum absolute atomic E-state index is 10.9. The van der Waals surface area contributed by atoms with Gasteiger partial charge in [-0.05, 0) is 18.6 Å². The Balaban J connectivity index is 2.71. The first-order valence-electron chi connectivity index (χ1n) is 4.91. The molecule has 0 fully saturated rings. The van der Waals surface area contributed by atoms with Gasteiger partial charge in [-0.3, -0.25) is 9.78 Å². The summed E-state index contributed by atoms with van der Waals surface area (Å²) >= 11 is 6.11. The monoisotopic (exact) mass is 234 g/mol. The number of aromatic nitrogens is 1. The molecule has 0 aliphatic carbocycles. The minimum Gasteiger partial charge on any atom is -0.369 e. The van der Waals surface area contributed by atoms with Crippen molar-refractivity contribution in [3.05, 3.63) is 40.5 Å². The lowest BCUT2D eigenvalue weighted by Gasteiger charge is -2.06. The number of nitrogens with two attached hydrogens (primary N) is 1. The van der Waals surface area contributed by atoms with Gasteiger partial charge in [0.15, 0.2) is 0 Å². The quantitative estimate of drug-likeness (QED) is 0.866. The average molecular weight is 235 g/mol. The summed E-state index contributed by atoms with van der Waals surface area (Å²) in [5.74, 6) is -0.369. The van der Waals surface area contributed by atoms with Gasteiger partial charge in [0, 0.05) is 11.1 Å². The lowest BCUT2D eigenvalue weighted by Crippen LogP contribution is -2.14. The number of pyridine rings is 1. The highest BCUT2D eigenvalue weighted by Gasteiger charge is 2.08. The number of amides is 1. The zero-order chi connectivity index (χ0) is 11.7. The number of hydrogen-bond acceptors (Lipinski definition) is 2. The van der Waals surface area contributed by atoms with Gasteiger partial charge in [0.1, 0.15) is 0 Å². The molecule has 0 aliphatic heterocycles. The second-order valence-corrected chi connectivity index (χ2v) is 4.11. The van der Waals surface area contributed by atoms with Gasteiger partial charge in [0.05, 0.1) is 17.0 Å². The number of primary amides is 1. The molecule has 4 heteroatoms. The van der Waals surface area contributed by atoms with E-state index in [9.17, 15) is 4.79 Å². The summed E-state index contributed by atoms with van der Waals surface area (Å²) in [6, 6.07) is 7.38. The highest BCUT2D eigenvalue weighted by Crippen LogP contribution is 2.25. The summed E-state index contributed by atoms with van der Waals surface area (Å²) in [7, 11) is 0. The number of carbonyl (C=O) groups excluding carboxylic acids is 1. The molecule has 1 aromatic carbocycles. The summed E-state index contributed by atoms with van der Waals surface area (Å²) in [5.41, 5.74) is 7.59. The number of halogens is 1. The van der Waals surface area contributed by atoms with Crippen molar-refractivity contribution in [3.8, 4) is 0 Å². The molecule has 0 saturated carbocycles. The van der Waals surface area contributed by atoms with Crippen LogP contribution >= 0.6 is 11.6 Å². The van der Waals surface area contributed by atoms with E-state index >= 15 is 0 Å². The zero-order valence-corrected chi connectivity index (χ0v) is 9.58. The van der Waals surface area contributed by atoms with Crippen molar-refractivity contribution in [1.29, 1.82) is 0 Å². The second-order valence-electron chi connectivity index (χ2n) is 3.70. The molecule has 1 aromatic heterocycles. The lowest BCUT2D eigenvalue weighted by atomic mass is 10.1. The van der Waals surface area contributed by atoms with Gasteiger partial charge in [-0.25, -0.2) is 0 Å². The fraction of sp³-hybridized carbons (Fsp3) is 0.167. The first kappa shape index (κ1) is 10.9. The van der Waals surface area contributed by atoms with E-state index in [0.717, 1.165) is 22.2 Å². The Hall–Kier alpha value is -1.61. The molecule has 1 amide bonds. The van der Waals surface area contributed by atoms with Crippen LogP contribution in [0.15, 0.2) is 24.3 Å². The molecule has 2 aromatic rings. The molecular weight excluding hydrogens is 224 g/mol. The molecule has 0 spiro atoms. The topological polar surface area (TPSA) is 56.0 Å². The number of para-hydroxylation sites is 1. The molecule has 0 atom stereocenters. The Kier molecular flexibility index (Phi) is 2.79. The normalized spacial score (nSPS) is 10.6. The third-order valence-electron chi connectivity index (χ3n) is 2.37. The molecule has 0 saturated heterocycles. The standard InChI is InChI=1S/C12H11ClN2O/c1-7-5-10(13)9-4-2-3-8(6-11(14)16)12(9)15-7/h2-5H,6H2,1H3,(H2,14,16). The molecule has 0 radical (unpaired) electrons. The summed E-state index contributed by atoms with van der Waals surface area (Å²) in [6.45, 7) is 1.87. The van der Waals surface area contributed by atoms with E-state index in [4.69, 9.17) is 17.3 Å².